The first-order chi connectivity index (χ1) is 7.67. The molecule has 16 heavy (non-hydrogen) atoms. The summed E-state index contributed by atoms with van der Waals surface area (Å²) in [6.07, 6.45) is 0.677. The predicted molar refractivity (Wildman–Crippen MR) is 65.1 cm³/mol. The summed E-state index contributed by atoms with van der Waals surface area (Å²) in [6, 6.07) is 5.35. The summed E-state index contributed by atoms with van der Waals surface area (Å²) >= 11 is 3.38. The van der Waals surface area contributed by atoms with Gasteiger partial charge in [0.1, 0.15) is 5.75 Å². The Labute approximate surface area is 102 Å². The van der Waals surface area contributed by atoms with Crippen LogP contribution in [0.15, 0.2) is 22.7 Å². The number of halogens is 1. The van der Waals surface area contributed by atoms with Crippen molar-refractivity contribution in [3.63, 3.8) is 0 Å². The van der Waals surface area contributed by atoms with Gasteiger partial charge in [-0.3, -0.25) is 5.43 Å². The molecule has 0 saturated heterocycles. The molecule has 0 fully saturated rings. The Morgan fingerprint density at radius 2 is 2.31 bits per heavy atom. The minimum atomic E-state index is -0.394. The summed E-state index contributed by atoms with van der Waals surface area (Å²) in [6.45, 7) is 0.496. The Kier molecular flexibility index (Phi) is 5.07. The van der Waals surface area contributed by atoms with Gasteiger partial charge in [0.05, 0.1) is 7.11 Å². The van der Waals surface area contributed by atoms with Crippen molar-refractivity contribution in [2.45, 2.75) is 6.42 Å². The lowest BCUT2D eigenvalue weighted by Gasteiger charge is -2.09. The summed E-state index contributed by atoms with van der Waals surface area (Å²) < 4.78 is 6.19. The van der Waals surface area contributed by atoms with Crippen molar-refractivity contribution in [1.29, 1.82) is 0 Å². The maximum absolute atomic E-state index is 10.8. The molecule has 1 aromatic carbocycles. The van der Waals surface area contributed by atoms with Crippen LogP contribution in [0, 0.1) is 0 Å². The highest BCUT2D eigenvalue weighted by Gasteiger charge is 2.04. The van der Waals surface area contributed by atoms with E-state index in [1.807, 2.05) is 23.6 Å². The number of ether oxygens (including phenoxy) is 1. The second kappa shape index (κ2) is 6.34. The number of hydrogen-bond acceptors (Lipinski definition) is 3. The largest absolute Gasteiger partial charge is 0.496 e. The first kappa shape index (κ1) is 12.8. The number of methoxy groups -OCH3 is 1. The molecule has 0 bridgehead atoms. The third-order valence-electron chi connectivity index (χ3n) is 2.05. The average Bonchev–Trinajstić information content (AvgIpc) is 2.29. The number of hydrazine groups is 1. The summed E-state index contributed by atoms with van der Waals surface area (Å²) in [5.41, 5.74) is 3.02. The minimum absolute atomic E-state index is 0.394. The van der Waals surface area contributed by atoms with Crippen LogP contribution in [0.5, 0.6) is 5.75 Å². The van der Waals surface area contributed by atoms with E-state index in [9.17, 15) is 4.79 Å². The topological polar surface area (TPSA) is 76.4 Å². The number of amides is 2. The van der Waals surface area contributed by atoms with E-state index in [0.29, 0.717) is 13.0 Å². The van der Waals surface area contributed by atoms with E-state index in [2.05, 4.69) is 21.2 Å². The number of hydrogen-bond donors (Lipinski definition) is 3. The zero-order chi connectivity index (χ0) is 12.0. The zero-order valence-corrected chi connectivity index (χ0v) is 10.5. The van der Waals surface area contributed by atoms with Gasteiger partial charge in [-0.25, -0.2) is 10.6 Å². The van der Waals surface area contributed by atoms with Crippen LogP contribution in [0.1, 0.15) is 5.56 Å². The van der Waals surface area contributed by atoms with E-state index in [1.54, 1.807) is 7.11 Å². The Bertz CT molecular complexity index is 371. The summed E-state index contributed by atoms with van der Waals surface area (Å²) in [5.74, 6) is 5.74. The van der Waals surface area contributed by atoms with Crippen molar-refractivity contribution in [2.24, 2.45) is 5.84 Å². The molecule has 88 valence electrons. The fourth-order valence-corrected chi connectivity index (χ4v) is 1.71. The maximum Gasteiger partial charge on any atom is 0.328 e. The van der Waals surface area contributed by atoms with Crippen LogP contribution in [-0.2, 0) is 6.42 Å². The van der Waals surface area contributed by atoms with E-state index >= 15 is 0 Å². The van der Waals surface area contributed by atoms with Gasteiger partial charge in [0.25, 0.3) is 0 Å². The monoisotopic (exact) mass is 287 g/mol. The molecule has 0 heterocycles. The fourth-order valence-electron chi connectivity index (χ4n) is 1.30. The molecule has 0 spiro atoms. The molecule has 1 rings (SSSR count). The maximum atomic E-state index is 10.8. The van der Waals surface area contributed by atoms with E-state index in [1.165, 1.54) is 0 Å². The minimum Gasteiger partial charge on any atom is -0.496 e. The molecule has 0 radical (unpaired) electrons. The first-order valence-electron chi connectivity index (χ1n) is 4.74. The van der Waals surface area contributed by atoms with Crippen molar-refractivity contribution in [1.82, 2.24) is 10.7 Å². The van der Waals surface area contributed by atoms with Crippen molar-refractivity contribution in [3.05, 3.63) is 28.2 Å². The lowest BCUT2D eigenvalue weighted by molar-refractivity contribution is 0.241. The van der Waals surface area contributed by atoms with Gasteiger partial charge in [-0.1, -0.05) is 15.9 Å². The zero-order valence-electron chi connectivity index (χ0n) is 8.92. The standard InChI is InChI=1S/C10H14BrN3O2/c1-16-9-3-2-8(11)6-7(9)4-5-13-10(15)14-12/h2-3,6H,4-5,12H2,1H3,(H2,13,14,15). The first-order valence-corrected chi connectivity index (χ1v) is 5.53. The van der Waals surface area contributed by atoms with E-state index in [4.69, 9.17) is 10.6 Å². The average molecular weight is 288 g/mol. The number of nitrogens with one attached hydrogen (secondary N) is 2. The van der Waals surface area contributed by atoms with Gasteiger partial charge >= 0.3 is 6.03 Å². The number of nitrogens with two attached hydrogens (primary N) is 1. The van der Waals surface area contributed by atoms with Crippen molar-refractivity contribution in [2.75, 3.05) is 13.7 Å². The Morgan fingerprint density at radius 1 is 1.56 bits per heavy atom. The number of benzene rings is 1. The predicted octanol–water partition coefficient (Wildman–Crippen LogP) is 1.17. The van der Waals surface area contributed by atoms with Crippen molar-refractivity contribution >= 4 is 22.0 Å². The quantitative estimate of drug-likeness (QED) is 0.442. The second-order valence-corrected chi connectivity index (χ2v) is 4.02. The van der Waals surface area contributed by atoms with Gasteiger partial charge in [0.2, 0.25) is 0 Å². The third kappa shape index (κ3) is 3.71. The van der Waals surface area contributed by atoms with E-state index in [0.717, 1.165) is 15.8 Å². The molecule has 1 aromatic rings. The van der Waals surface area contributed by atoms with Crippen LogP contribution in [0.4, 0.5) is 4.79 Å². The molecule has 0 aromatic heterocycles. The van der Waals surface area contributed by atoms with E-state index < -0.39 is 6.03 Å². The highest BCUT2D eigenvalue weighted by Crippen LogP contribution is 2.22. The molecule has 6 heteroatoms. The lowest BCUT2D eigenvalue weighted by atomic mass is 10.1. The number of urea groups is 1. The van der Waals surface area contributed by atoms with Crippen molar-refractivity contribution < 1.29 is 9.53 Å². The highest BCUT2D eigenvalue weighted by molar-refractivity contribution is 9.10. The fraction of sp³-hybridized carbons (Fsp3) is 0.300. The van der Waals surface area contributed by atoms with Crippen LogP contribution in [-0.4, -0.2) is 19.7 Å². The molecule has 0 aliphatic carbocycles. The van der Waals surface area contributed by atoms with Gasteiger partial charge in [-0.2, -0.15) is 0 Å². The van der Waals surface area contributed by atoms with Gasteiger partial charge < -0.3 is 10.1 Å². The van der Waals surface area contributed by atoms with Gasteiger partial charge in [-0.05, 0) is 30.2 Å². The number of carbonyl (C=O) groups excluding carboxylic acids is 1. The Hall–Kier alpha value is -1.27. The normalized spacial score (nSPS) is 9.69. The molecule has 0 aliphatic heterocycles. The molecular formula is C10H14BrN3O2. The van der Waals surface area contributed by atoms with Crippen LogP contribution in [0.2, 0.25) is 0 Å². The molecule has 2 amide bonds. The summed E-state index contributed by atoms with van der Waals surface area (Å²) in [5, 5.41) is 2.61. The Morgan fingerprint density at radius 3 is 2.94 bits per heavy atom. The smallest absolute Gasteiger partial charge is 0.328 e. The molecule has 0 atom stereocenters. The van der Waals surface area contributed by atoms with Crippen LogP contribution >= 0.6 is 15.9 Å². The Balaban J connectivity index is 2.58. The van der Waals surface area contributed by atoms with Gasteiger partial charge in [0, 0.05) is 11.0 Å². The van der Waals surface area contributed by atoms with E-state index in [-0.39, 0.29) is 0 Å². The van der Waals surface area contributed by atoms with Crippen LogP contribution in [0.3, 0.4) is 0 Å². The molecule has 0 unspecified atom stereocenters. The summed E-state index contributed by atoms with van der Waals surface area (Å²) in [4.78, 5) is 10.8. The lowest BCUT2D eigenvalue weighted by Crippen LogP contribution is -2.40. The molecule has 0 aliphatic rings. The SMILES string of the molecule is COc1ccc(Br)cc1CCNC(=O)NN. The second-order valence-electron chi connectivity index (χ2n) is 3.11. The molecule has 0 saturated carbocycles. The highest BCUT2D eigenvalue weighted by atomic mass is 79.9. The van der Waals surface area contributed by atoms with Crippen LogP contribution < -0.4 is 21.3 Å². The molecule has 5 nitrogen and oxygen atoms in total. The van der Waals surface area contributed by atoms with Gasteiger partial charge in [-0.15, -0.1) is 0 Å². The van der Waals surface area contributed by atoms with Gasteiger partial charge in [0.15, 0.2) is 0 Å². The third-order valence-corrected chi connectivity index (χ3v) is 2.55. The van der Waals surface area contributed by atoms with Crippen molar-refractivity contribution in [3.8, 4) is 5.75 Å². The summed E-state index contributed by atoms with van der Waals surface area (Å²) in [7, 11) is 1.62. The number of carbonyl (C=O) groups is 1. The van der Waals surface area contributed by atoms with Crippen LogP contribution in [0.25, 0.3) is 0 Å². The number of rotatable bonds is 4. The molecular weight excluding hydrogens is 274 g/mol. The molecule has 4 N–H and O–H groups in total.